The van der Waals surface area contributed by atoms with Gasteiger partial charge in [0, 0.05) is 16.0 Å². The summed E-state index contributed by atoms with van der Waals surface area (Å²) in [6.45, 7) is 0. The molecule has 0 N–H and O–H groups in total. The number of carbonyl (C=O) groups excluding carboxylic acids is 2. The Morgan fingerprint density at radius 1 is 1.04 bits per heavy atom. The smallest absolute Gasteiger partial charge is 0.200 e. The molecule has 4 nitrogen and oxygen atoms in total. The van der Waals surface area contributed by atoms with E-state index in [1.54, 1.807) is 30.3 Å². The maximum atomic E-state index is 12.4. The SMILES string of the molecule is O=C([O-])c1cccc(-c2ccc(C=C3Sc4ccccc4C3=O)o2)c1. The first-order chi connectivity index (χ1) is 12.1. The van der Waals surface area contributed by atoms with Crippen molar-refractivity contribution in [3.63, 3.8) is 0 Å². The van der Waals surface area contributed by atoms with E-state index in [1.165, 1.54) is 23.9 Å². The van der Waals surface area contributed by atoms with Crippen LogP contribution in [0.2, 0.25) is 0 Å². The molecule has 0 unspecified atom stereocenters. The van der Waals surface area contributed by atoms with E-state index in [9.17, 15) is 14.7 Å². The lowest BCUT2D eigenvalue weighted by Gasteiger charge is -2.03. The Morgan fingerprint density at radius 3 is 2.68 bits per heavy atom. The van der Waals surface area contributed by atoms with Gasteiger partial charge in [-0.25, -0.2) is 0 Å². The van der Waals surface area contributed by atoms with Crippen LogP contribution >= 0.6 is 11.8 Å². The monoisotopic (exact) mass is 347 g/mol. The van der Waals surface area contributed by atoms with Crippen molar-refractivity contribution in [1.29, 1.82) is 0 Å². The summed E-state index contributed by atoms with van der Waals surface area (Å²) in [5.41, 5.74) is 1.43. The molecule has 1 aliphatic rings. The second kappa shape index (κ2) is 6.11. The zero-order valence-corrected chi connectivity index (χ0v) is 13.7. The van der Waals surface area contributed by atoms with Gasteiger partial charge in [0.2, 0.25) is 5.78 Å². The van der Waals surface area contributed by atoms with Crippen LogP contribution in [0.4, 0.5) is 0 Å². The minimum atomic E-state index is -1.23. The van der Waals surface area contributed by atoms with E-state index in [1.807, 2.05) is 24.3 Å². The molecule has 0 atom stereocenters. The highest BCUT2D eigenvalue weighted by molar-refractivity contribution is 8.04. The first-order valence-electron chi connectivity index (χ1n) is 7.57. The van der Waals surface area contributed by atoms with Crippen LogP contribution in [0.1, 0.15) is 26.5 Å². The zero-order valence-electron chi connectivity index (χ0n) is 12.9. The summed E-state index contributed by atoms with van der Waals surface area (Å²) < 4.78 is 5.76. The van der Waals surface area contributed by atoms with E-state index in [-0.39, 0.29) is 11.3 Å². The molecule has 3 aromatic rings. The van der Waals surface area contributed by atoms with Gasteiger partial charge in [-0.1, -0.05) is 42.1 Å². The van der Waals surface area contributed by atoms with Gasteiger partial charge in [-0.2, -0.15) is 0 Å². The standard InChI is InChI=1S/C20H12O4S/c21-19-15-6-1-2-7-17(15)25-18(19)11-14-8-9-16(24-14)12-4-3-5-13(10-12)20(22)23/h1-11H,(H,22,23)/p-1. The summed E-state index contributed by atoms with van der Waals surface area (Å²) in [4.78, 5) is 24.9. The zero-order chi connectivity index (χ0) is 17.4. The fourth-order valence-corrected chi connectivity index (χ4v) is 3.68. The van der Waals surface area contributed by atoms with Crippen molar-refractivity contribution in [2.45, 2.75) is 4.90 Å². The minimum absolute atomic E-state index is 0.0162. The van der Waals surface area contributed by atoms with Crippen molar-refractivity contribution >= 4 is 29.6 Å². The molecule has 0 amide bonds. The van der Waals surface area contributed by atoms with E-state index in [0.717, 1.165) is 4.90 Å². The Kier molecular flexibility index (Phi) is 3.78. The number of allylic oxidation sites excluding steroid dienone is 1. The fourth-order valence-electron chi connectivity index (χ4n) is 2.65. The van der Waals surface area contributed by atoms with Gasteiger partial charge in [0.25, 0.3) is 0 Å². The molecule has 2 aromatic carbocycles. The Labute approximate surface area is 147 Å². The van der Waals surface area contributed by atoms with Gasteiger partial charge in [0.1, 0.15) is 11.5 Å². The largest absolute Gasteiger partial charge is 0.545 e. The molecule has 0 saturated carbocycles. The normalized spacial score (nSPS) is 14.7. The summed E-state index contributed by atoms with van der Waals surface area (Å²) in [5.74, 6) is -0.181. The number of ketones is 1. The quantitative estimate of drug-likeness (QED) is 0.677. The van der Waals surface area contributed by atoms with Crippen LogP contribution in [0.3, 0.4) is 0 Å². The van der Waals surface area contributed by atoms with Gasteiger partial charge in [0.15, 0.2) is 0 Å². The maximum absolute atomic E-state index is 12.4. The average molecular weight is 347 g/mol. The number of hydrogen-bond donors (Lipinski definition) is 0. The van der Waals surface area contributed by atoms with Crippen LogP contribution in [-0.2, 0) is 0 Å². The Morgan fingerprint density at radius 2 is 1.88 bits per heavy atom. The molecule has 4 rings (SSSR count). The molecule has 1 aliphatic heterocycles. The summed E-state index contributed by atoms with van der Waals surface area (Å²) >= 11 is 1.42. The second-order valence-corrected chi connectivity index (χ2v) is 6.59. The topological polar surface area (TPSA) is 70.3 Å². The number of benzene rings is 2. The highest BCUT2D eigenvalue weighted by Gasteiger charge is 2.25. The fraction of sp³-hybridized carbons (Fsp3) is 0. The van der Waals surface area contributed by atoms with Crippen molar-refractivity contribution < 1.29 is 19.1 Å². The predicted molar refractivity (Wildman–Crippen MR) is 93.1 cm³/mol. The van der Waals surface area contributed by atoms with Gasteiger partial charge in [-0.15, -0.1) is 0 Å². The highest BCUT2D eigenvalue weighted by Crippen LogP contribution is 2.40. The number of carboxylic acids is 1. The van der Waals surface area contributed by atoms with Crippen LogP contribution < -0.4 is 5.11 Å². The summed E-state index contributed by atoms with van der Waals surface area (Å²) in [7, 11) is 0. The van der Waals surface area contributed by atoms with Crippen molar-refractivity contribution in [1.82, 2.24) is 0 Å². The lowest BCUT2D eigenvalue weighted by atomic mass is 10.1. The number of fused-ring (bicyclic) bond motifs is 1. The molecule has 0 bridgehead atoms. The highest BCUT2D eigenvalue weighted by atomic mass is 32.2. The number of aromatic carboxylic acids is 1. The number of hydrogen-bond acceptors (Lipinski definition) is 5. The van der Waals surface area contributed by atoms with Crippen LogP contribution in [0, 0.1) is 0 Å². The molecule has 5 heteroatoms. The molecule has 122 valence electrons. The van der Waals surface area contributed by atoms with Gasteiger partial charge < -0.3 is 14.3 Å². The molecule has 0 aliphatic carbocycles. The molecule has 0 radical (unpaired) electrons. The van der Waals surface area contributed by atoms with Crippen molar-refractivity contribution in [2.24, 2.45) is 0 Å². The molecule has 0 spiro atoms. The molecular weight excluding hydrogens is 336 g/mol. The number of carbonyl (C=O) groups is 2. The van der Waals surface area contributed by atoms with Crippen LogP contribution in [0.25, 0.3) is 17.4 Å². The summed E-state index contributed by atoms with van der Waals surface area (Å²) in [6, 6.07) is 17.3. The van der Waals surface area contributed by atoms with Gasteiger partial charge in [-0.3, -0.25) is 4.79 Å². The van der Waals surface area contributed by atoms with E-state index >= 15 is 0 Å². The number of rotatable bonds is 3. The third-order valence-electron chi connectivity index (χ3n) is 3.86. The number of furan rings is 1. The summed E-state index contributed by atoms with van der Waals surface area (Å²) in [5, 5.41) is 11.0. The Bertz CT molecular complexity index is 1030. The van der Waals surface area contributed by atoms with Crippen LogP contribution in [0.15, 0.2) is 74.9 Å². The van der Waals surface area contributed by atoms with E-state index in [2.05, 4.69) is 0 Å². The van der Waals surface area contributed by atoms with E-state index < -0.39 is 5.97 Å². The average Bonchev–Trinajstić information content (AvgIpc) is 3.21. The number of Topliss-reactive ketones (excluding diaryl/α,β-unsaturated/α-hetero) is 1. The van der Waals surface area contributed by atoms with E-state index in [0.29, 0.717) is 27.6 Å². The molecule has 0 saturated heterocycles. The molecular formula is C20H11O4S-. The predicted octanol–water partition coefficient (Wildman–Crippen LogP) is 3.64. The van der Waals surface area contributed by atoms with Crippen LogP contribution in [-0.4, -0.2) is 11.8 Å². The van der Waals surface area contributed by atoms with Crippen molar-refractivity contribution in [3.8, 4) is 11.3 Å². The number of thioether (sulfide) groups is 1. The second-order valence-electron chi connectivity index (χ2n) is 5.51. The first kappa shape index (κ1) is 15.5. The lowest BCUT2D eigenvalue weighted by Crippen LogP contribution is -2.22. The molecule has 25 heavy (non-hydrogen) atoms. The lowest BCUT2D eigenvalue weighted by molar-refractivity contribution is -0.255. The first-order valence-corrected chi connectivity index (χ1v) is 8.38. The Balaban J connectivity index is 1.64. The third kappa shape index (κ3) is 2.90. The van der Waals surface area contributed by atoms with Crippen LogP contribution in [0.5, 0.6) is 0 Å². The summed E-state index contributed by atoms with van der Waals surface area (Å²) in [6.07, 6.45) is 1.71. The molecule has 1 aromatic heterocycles. The Hall–Kier alpha value is -3.05. The third-order valence-corrected chi connectivity index (χ3v) is 4.96. The number of carboxylic acid groups (broad SMARTS) is 1. The van der Waals surface area contributed by atoms with Crippen molar-refractivity contribution in [2.75, 3.05) is 0 Å². The minimum Gasteiger partial charge on any atom is -0.545 e. The van der Waals surface area contributed by atoms with Gasteiger partial charge in [0.05, 0.1) is 10.9 Å². The van der Waals surface area contributed by atoms with Gasteiger partial charge in [-0.05, 0) is 42.0 Å². The maximum Gasteiger partial charge on any atom is 0.200 e. The van der Waals surface area contributed by atoms with Crippen molar-refractivity contribution in [3.05, 3.63) is 82.5 Å². The molecule has 0 fully saturated rings. The van der Waals surface area contributed by atoms with E-state index in [4.69, 9.17) is 4.42 Å². The molecule has 2 heterocycles. The van der Waals surface area contributed by atoms with Gasteiger partial charge >= 0.3 is 0 Å².